The van der Waals surface area contributed by atoms with Crippen LogP contribution in [0, 0.1) is 0 Å². The Morgan fingerprint density at radius 1 is 1.14 bits per heavy atom. The van der Waals surface area contributed by atoms with Crippen LogP contribution in [0.25, 0.3) is 0 Å². The Kier molecular flexibility index (Phi) is 5.15. The molecule has 0 saturated heterocycles. The van der Waals surface area contributed by atoms with Gasteiger partial charge in [-0.25, -0.2) is 4.79 Å². The van der Waals surface area contributed by atoms with Crippen LogP contribution in [0.15, 0.2) is 48.7 Å². The fourth-order valence-electron chi connectivity index (χ4n) is 1.94. The van der Waals surface area contributed by atoms with Gasteiger partial charge in [-0.1, -0.05) is 6.07 Å². The van der Waals surface area contributed by atoms with Gasteiger partial charge in [-0.05, 0) is 57.2 Å². The molecule has 4 heteroatoms. The van der Waals surface area contributed by atoms with E-state index in [9.17, 15) is 4.79 Å². The highest BCUT2D eigenvalue weighted by molar-refractivity contribution is 5.90. The first-order chi connectivity index (χ1) is 10.4. The minimum atomic E-state index is -0.476. The number of carbonyl (C=O) groups excluding carboxylic acids is 1. The molecule has 0 bridgehead atoms. The molecule has 2 aromatic rings. The quantitative estimate of drug-likeness (QED) is 0.855. The fraction of sp³-hybridized carbons (Fsp3) is 0.333. The van der Waals surface area contributed by atoms with Crippen LogP contribution >= 0.6 is 0 Å². The molecule has 0 amide bonds. The van der Waals surface area contributed by atoms with E-state index in [1.165, 1.54) is 0 Å². The standard InChI is InChI=1S/C18H22N2O2/c1-18(2,3)22-17(21)14-7-9-16(10-8-14)20-13-11-15-6-4-5-12-19-15/h4-10,12,20H,11,13H2,1-3H3. The summed E-state index contributed by atoms with van der Waals surface area (Å²) in [6, 6.07) is 13.2. The lowest BCUT2D eigenvalue weighted by Crippen LogP contribution is -2.23. The van der Waals surface area contributed by atoms with E-state index >= 15 is 0 Å². The molecule has 1 aromatic heterocycles. The van der Waals surface area contributed by atoms with Crippen LogP contribution in [0.5, 0.6) is 0 Å². The van der Waals surface area contributed by atoms with Gasteiger partial charge in [-0.2, -0.15) is 0 Å². The van der Waals surface area contributed by atoms with Crippen LogP contribution < -0.4 is 5.32 Å². The summed E-state index contributed by atoms with van der Waals surface area (Å²) in [6.45, 7) is 6.37. The smallest absolute Gasteiger partial charge is 0.338 e. The molecule has 0 radical (unpaired) electrons. The largest absolute Gasteiger partial charge is 0.456 e. The van der Waals surface area contributed by atoms with Gasteiger partial charge in [0.15, 0.2) is 0 Å². The lowest BCUT2D eigenvalue weighted by Gasteiger charge is -2.19. The zero-order valence-electron chi connectivity index (χ0n) is 13.3. The van der Waals surface area contributed by atoms with Crippen LogP contribution in [-0.2, 0) is 11.2 Å². The average Bonchev–Trinajstić information content (AvgIpc) is 2.47. The summed E-state index contributed by atoms with van der Waals surface area (Å²) in [7, 11) is 0. The lowest BCUT2D eigenvalue weighted by atomic mass is 10.1. The molecule has 0 aliphatic rings. The predicted molar refractivity (Wildman–Crippen MR) is 88.0 cm³/mol. The monoisotopic (exact) mass is 298 g/mol. The van der Waals surface area contributed by atoms with Gasteiger partial charge in [0, 0.05) is 30.5 Å². The van der Waals surface area contributed by atoms with E-state index < -0.39 is 5.60 Å². The molecule has 116 valence electrons. The highest BCUT2D eigenvalue weighted by Gasteiger charge is 2.17. The number of benzene rings is 1. The number of hydrogen-bond donors (Lipinski definition) is 1. The molecular formula is C18H22N2O2. The summed E-state index contributed by atoms with van der Waals surface area (Å²) in [4.78, 5) is 16.2. The summed E-state index contributed by atoms with van der Waals surface area (Å²) in [5.41, 5.74) is 2.12. The minimum absolute atomic E-state index is 0.299. The maximum atomic E-state index is 11.9. The van der Waals surface area contributed by atoms with Crippen LogP contribution in [0.1, 0.15) is 36.8 Å². The van der Waals surface area contributed by atoms with Crippen LogP contribution in [0.3, 0.4) is 0 Å². The predicted octanol–water partition coefficient (Wildman–Crippen LogP) is 3.69. The van der Waals surface area contributed by atoms with Crippen molar-refractivity contribution in [1.29, 1.82) is 0 Å². The number of esters is 1. The maximum Gasteiger partial charge on any atom is 0.338 e. The van der Waals surface area contributed by atoms with E-state index in [-0.39, 0.29) is 5.97 Å². The van der Waals surface area contributed by atoms with Crippen molar-refractivity contribution in [2.75, 3.05) is 11.9 Å². The van der Waals surface area contributed by atoms with Gasteiger partial charge < -0.3 is 10.1 Å². The summed E-state index contributed by atoms with van der Waals surface area (Å²) < 4.78 is 5.33. The molecule has 2 rings (SSSR count). The number of pyridine rings is 1. The van der Waals surface area contributed by atoms with Gasteiger partial charge in [0.05, 0.1) is 5.56 Å². The first-order valence-electron chi connectivity index (χ1n) is 7.41. The number of hydrogen-bond acceptors (Lipinski definition) is 4. The molecule has 0 atom stereocenters. The Balaban J connectivity index is 1.85. The van der Waals surface area contributed by atoms with Crippen molar-refractivity contribution in [2.24, 2.45) is 0 Å². The summed E-state index contributed by atoms with van der Waals surface area (Å²) in [6.07, 6.45) is 2.65. The third-order valence-corrected chi connectivity index (χ3v) is 2.96. The van der Waals surface area contributed by atoms with Gasteiger partial charge in [0.25, 0.3) is 0 Å². The van der Waals surface area contributed by atoms with E-state index in [0.29, 0.717) is 5.56 Å². The van der Waals surface area contributed by atoms with Gasteiger partial charge in [-0.15, -0.1) is 0 Å². The van der Waals surface area contributed by atoms with Crippen LogP contribution in [-0.4, -0.2) is 23.1 Å². The van der Waals surface area contributed by atoms with Crippen molar-refractivity contribution < 1.29 is 9.53 Å². The fourth-order valence-corrected chi connectivity index (χ4v) is 1.94. The lowest BCUT2D eigenvalue weighted by molar-refractivity contribution is 0.00696. The SMILES string of the molecule is CC(C)(C)OC(=O)c1ccc(NCCc2ccccn2)cc1. The van der Waals surface area contributed by atoms with Crippen LogP contribution in [0.2, 0.25) is 0 Å². The highest BCUT2D eigenvalue weighted by atomic mass is 16.6. The zero-order valence-corrected chi connectivity index (χ0v) is 13.3. The Morgan fingerprint density at radius 3 is 2.45 bits per heavy atom. The third-order valence-electron chi connectivity index (χ3n) is 2.96. The van der Waals surface area contributed by atoms with E-state index in [2.05, 4.69) is 10.3 Å². The van der Waals surface area contributed by atoms with Crippen molar-refractivity contribution in [2.45, 2.75) is 32.8 Å². The van der Waals surface area contributed by atoms with Crippen molar-refractivity contribution in [3.05, 3.63) is 59.9 Å². The molecule has 22 heavy (non-hydrogen) atoms. The first-order valence-corrected chi connectivity index (χ1v) is 7.41. The number of aromatic nitrogens is 1. The zero-order chi connectivity index (χ0) is 16.0. The first kappa shape index (κ1) is 16.0. The Morgan fingerprint density at radius 2 is 1.86 bits per heavy atom. The summed E-state index contributed by atoms with van der Waals surface area (Å²) >= 11 is 0. The molecular weight excluding hydrogens is 276 g/mol. The van der Waals surface area contributed by atoms with Crippen molar-refractivity contribution in [1.82, 2.24) is 4.98 Å². The number of nitrogens with one attached hydrogen (secondary N) is 1. The second-order valence-corrected chi connectivity index (χ2v) is 6.08. The molecule has 0 spiro atoms. The molecule has 1 heterocycles. The molecule has 0 saturated carbocycles. The van der Waals surface area contributed by atoms with E-state index in [0.717, 1.165) is 24.3 Å². The molecule has 4 nitrogen and oxygen atoms in total. The van der Waals surface area contributed by atoms with E-state index in [1.807, 2.05) is 51.1 Å². The Labute approximate surface area is 131 Å². The normalized spacial score (nSPS) is 11.0. The molecule has 1 N–H and O–H groups in total. The Bertz CT molecular complexity index is 601. The van der Waals surface area contributed by atoms with Crippen molar-refractivity contribution in [3.8, 4) is 0 Å². The van der Waals surface area contributed by atoms with E-state index in [4.69, 9.17) is 4.74 Å². The van der Waals surface area contributed by atoms with Gasteiger partial charge in [0.1, 0.15) is 5.60 Å². The van der Waals surface area contributed by atoms with Gasteiger partial charge in [0.2, 0.25) is 0 Å². The molecule has 0 aliphatic carbocycles. The maximum absolute atomic E-state index is 11.9. The number of carbonyl (C=O) groups is 1. The summed E-state index contributed by atoms with van der Waals surface area (Å²) in [5, 5.41) is 3.32. The third kappa shape index (κ3) is 5.20. The number of ether oxygens (including phenoxy) is 1. The van der Waals surface area contributed by atoms with E-state index in [1.54, 1.807) is 18.3 Å². The van der Waals surface area contributed by atoms with Gasteiger partial charge in [-0.3, -0.25) is 4.98 Å². The Hall–Kier alpha value is -2.36. The topological polar surface area (TPSA) is 51.2 Å². The summed E-state index contributed by atoms with van der Waals surface area (Å²) in [5.74, 6) is -0.299. The van der Waals surface area contributed by atoms with Gasteiger partial charge >= 0.3 is 5.97 Å². The molecule has 1 aromatic carbocycles. The van der Waals surface area contributed by atoms with Crippen molar-refractivity contribution in [3.63, 3.8) is 0 Å². The number of anilines is 1. The van der Waals surface area contributed by atoms with Crippen molar-refractivity contribution >= 4 is 11.7 Å². The minimum Gasteiger partial charge on any atom is -0.456 e. The average molecular weight is 298 g/mol. The second kappa shape index (κ2) is 7.07. The number of nitrogens with zero attached hydrogens (tertiary/aromatic N) is 1. The molecule has 0 aliphatic heterocycles. The second-order valence-electron chi connectivity index (χ2n) is 6.08. The molecule has 0 unspecified atom stereocenters. The van der Waals surface area contributed by atoms with Crippen LogP contribution in [0.4, 0.5) is 5.69 Å². The highest BCUT2D eigenvalue weighted by Crippen LogP contribution is 2.14. The molecule has 0 fully saturated rings. The number of rotatable bonds is 5.